The summed E-state index contributed by atoms with van der Waals surface area (Å²) in [4.78, 5) is 10.1. The quantitative estimate of drug-likeness (QED) is 0.437. The van der Waals surface area contributed by atoms with E-state index >= 15 is 0 Å². The lowest BCUT2D eigenvalue weighted by atomic mass is 10.4. The summed E-state index contributed by atoms with van der Waals surface area (Å²) in [5.41, 5.74) is 0. The van der Waals surface area contributed by atoms with Gasteiger partial charge in [-0.25, -0.2) is 0 Å². The smallest absolute Gasteiger partial charge is 0.220 e. The van der Waals surface area contributed by atoms with Gasteiger partial charge in [0.2, 0.25) is 5.91 Å². The first-order valence-electron chi connectivity index (χ1n) is 2.16. The maximum Gasteiger partial charge on any atom is 0.220 e. The van der Waals surface area contributed by atoms with Crippen molar-refractivity contribution in [2.75, 3.05) is 6.54 Å². The van der Waals surface area contributed by atoms with Gasteiger partial charge in [-0.15, -0.1) is 0 Å². The van der Waals surface area contributed by atoms with Crippen LogP contribution in [-0.2, 0) is 4.79 Å². The first-order chi connectivity index (χ1) is 2.89. The molecule has 0 aromatic heterocycles. The van der Waals surface area contributed by atoms with Crippen molar-refractivity contribution in [1.82, 2.24) is 5.32 Å². The van der Waals surface area contributed by atoms with Gasteiger partial charge >= 0.3 is 0 Å². The van der Waals surface area contributed by atoms with Gasteiger partial charge < -0.3 is 12.7 Å². The molecule has 1 fully saturated rings. The first kappa shape index (κ1) is 6.47. The second-order valence-electron chi connectivity index (χ2n) is 1.45. The number of carbonyl (C=O) groups excluding carboxylic acids is 1. The van der Waals surface area contributed by atoms with Crippen LogP contribution in [0.4, 0.5) is 0 Å². The zero-order chi connectivity index (χ0) is 4.41. The predicted octanol–water partition coefficient (Wildman–Crippen LogP) is 0.347. The van der Waals surface area contributed by atoms with Crippen molar-refractivity contribution in [3.63, 3.8) is 0 Å². The molecule has 1 saturated heterocycles. The molecule has 42 valence electrons. The zero-order valence-corrected chi connectivity index (χ0v) is 4.53. The number of amides is 1. The minimum absolute atomic E-state index is 0. The third-order valence-corrected chi connectivity index (χ3v) is 0.903. The lowest BCUT2D eigenvalue weighted by molar-refractivity contribution is -0.119. The van der Waals surface area contributed by atoms with Crippen LogP contribution in [-0.4, -0.2) is 12.5 Å². The van der Waals surface area contributed by atoms with E-state index in [1.165, 1.54) is 0 Å². The maximum absolute atomic E-state index is 10.1. The summed E-state index contributed by atoms with van der Waals surface area (Å²) in [5.74, 6) is 0.204. The van der Waals surface area contributed by atoms with Crippen LogP contribution in [0.3, 0.4) is 0 Å². The Kier molecular flexibility index (Phi) is 2.41. The molecule has 2 nitrogen and oxygen atoms in total. The van der Waals surface area contributed by atoms with Crippen LogP contribution in [0.25, 0.3) is 0 Å². The van der Waals surface area contributed by atoms with E-state index in [-0.39, 0.29) is 13.3 Å². The highest BCUT2D eigenvalue weighted by Gasteiger charge is 2.05. The van der Waals surface area contributed by atoms with Crippen LogP contribution in [0.2, 0.25) is 0 Å². The van der Waals surface area contributed by atoms with Gasteiger partial charge in [-0.05, 0) is 6.42 Å². The van der Waals surface area contributed by atoms with Gasteiger partial charge in [0.25, 0.3) is 0 Å². The molecule has 7 heavy (non-hydrogen) atoms. The summed E-state index contributed by atoms with van der Waals surface area (Å²) in [7, 11) is 0. The number of carbonyl (C=O) groups is 1. The molecule has 0 saturated carbocycles. The molecule has 1 aliphatic rings. The van der Waals surface area contributed by atoms with Crippen molar-refractivity contribution >= 4 is 5.91 Å². The Morgan fingerprint density at radius 1 is 1.57 bits per heavy atom. The summed E-state index contributed by atoms with van der Waals surface area (Å²) in [6.07, 6.45) is 1.76. The molecular weight excluding hydrogens is 90.1 g/mol. The predicted molar refractivity (Wildman–Crippen MR) is 28.7 cm³/mol. The molecule has 0 spiro atoms. The number of rotatable bonds is 0. The molecule has 1 N–H and O–H groups in total. The first-order valence-corrected chi connectivity index (χ1v) is 2.16. The summed E-state index contributed by atoms with van der Waals surface area (Å²) < 4.78 is 0. The van der Waals surface area contributed by atoms with Crippen LogP contribution < -0.4 is 5.32 Å². The standard InChI is InChI=1S/C4H7NO.CH3/c6-4-2-1-3-5-4;/h1-3H2,(H,5,6);1H3/q;-1. The molecule has 0 aromatic carbocycles. The second-order valence-corrected chi connectivity index (χ2v) is 1.45. The lowest BCUT2D eigenvalue weighted by Crippen LogP contribution is -2.12. The molecule has 1 heterocycles. The van der Waals surface area contributed by atoms with Crippen molar-refractivity contribution in [1.29, 1.82) is 0 Å². The van der Waals surface area contributed by atoms with E-state index in [1.807, 2.05) is 0 Å². The number of hydrogen-bond donors (Lipinski definition) is 1. The summed E-state index contributed by atoms with van der Waals surface area (Å²) in [6.45, 7) is 0.888. The minimum atomic E-state index is 0. The lowest BCUT2D eigenvalue weighted by Gasteiger charge is -1.80. The van der Waals surface area contributed by atoms with Gasteiger partial charge in [0, 0.05) is 13.0 Å². The average molecular weight is 100 g/mol. The molecule has 0 atom stereocenters. The average Bonchev–Trinajstić information content (AvgIpc) is 1.86. The van der Waals surface area contributed by atoms with Gasteiger partial charge in [0.15, 0.2) is 0 Å². The molecule has 0 unspecified atom stereocenters. The van der Waals surface area contributed by atoms with Crippen LogP contribution >= 0.6 is 0 Å². The van der Waals surface area contributed by atoms with E-state index in [1.54, 1.807) is 0 Å². The zero-order valence-electron chi connectivity index (χ0n) is 4.53. The number of nitrogens with one attached hydrogen (secondary N) is 1. The normalized spacial score (nSPS) is 18.0. The van der Waals surface area contributed by atoms with Crippen molar-refractivity contribution in [2.24, 2.45) is 0 Å². The molecule has 1 aliphatic heterocycles. The van der Waals surface area contributed by atoms with E-state index < -0.39 is 0 Å². The van der Waals surface area contributed by atoms with Crippen molar-refractivity contribution in [2.45, 2.75) is 12.8 Å². The second kappa shape index (κ2) is 2.61. The molecule has 0 aromatic rings. The van der Waals surface area contributed by atoms with Crippen LogP contribution in [0.1, 0.15) is 12.8 Å². The molecule has 2 heteroatoms. The van der Waals surface area contributed by atoms with Crippen LogP contribution in [0, 0.1) is 7.43 Å². The Balaban J connectivity index is 0.000000360. The van der Waals surface area contributed by atoms with Gasteiger partial charge in [0.1, 0.15) is 0 Å². The topological polar surface area (TPSA) is 29.1 Å². The Morgan fingerprint density at radius 2 is 2.29 bits per heavy atom. The molecule has 1 rings (SSSR count). The Labute approximate surface area is 43.9 Å². The van der Waals surface area contributed by atoms with Gasteiger partial charge in [0.05, 0.1) is 0 Å². The minimum Gasteiger partial charge on any atom is -0.358 e. The van der Waals surface area contributed by atoms with E-state index in [2.05, 4.69) is 5.32 Å². The fraction of sp³-hybridized carbons (Fsp3) is 0.600. The summed E-state index contributed by atoms with van der Waals surface area (Å²) in [6, 6.07) is 0. The van der Waals surface area contributed by atoms with Crippen molar-refractivity contribution < 1.29 is 4.79 Å². The van der Waals surface area contributed by atoms with Gasteiger partial charge in [-0.2, -0.15) is 0 Å². The largest absolute Gasteiger partial charge is 0.358 e. The fourth-order valence-corrected chi connectivity index (χ4v) is 0.565. The SMILES string of the molecule is O=C1CCCN1.[CH3-]. The highest BCUT2D eigenvalue weighted by atomic mass is 16.1. The highest BCUT2D eigenvalue weighted by Crippen LogP contribution is 1.93. The molecule has 0 bridgehead atoms. The van der Waals surface area contributed by atoms with Gasteiger partial charge in [-0.3, -0.25) is 4.79 Å². The van der Waals surface area contributed by atoms with Crippen molar-refractivity contribution in [3.05, 3.63) is 7.43 Å². The van der Waals surface area contributed by atoms with Crippen LogP contribution in [0.15, 0.2) is 0 Å². The van der Waals surface area contributed by atoms with E-state index in [0.717, 1.165) is 19.4 Å². The van der Waals surface area contributed by atoms with Crippen molar-refractivity contribution in [3.8, 4) is 0 Å². The fourth-order valence-electron chi connectivity index (χ4n) is 0.565. The third kappa shape index (κ3) is 1.57. The molecule has 0 radical (unpaired) electrons. The Morgan fingerprint density at radius 3 is 2.43 bits per heavy atom. The Hall–Kier alpha value is -0.530. The van der Waals surface area contributed by atoms with Crippen LogP contribution in [0.5, 0.6) is 0 Å². The monoisotopic (exact) mass is 100 g/mol. The molecule has 1 amide bonds. The molecular formula is C5H10NO-. The highest BCUT2D eigenvalue weighted by molar-refractivity contribution is 5.77. The van der Waals surface area contributed by atoms with E-state index in [9.17, 15) is 4.79 Å². The van der Waals surface area contributed by atoms with E-state index in [4.69, 9.17) is 0 Å². The molecule has 0 aliphatic carbocycles. The summed E-state index contributed by atoms with van der Waals surface area (Å²) in [5, 5.41) is 2.68. The summed E-state index contributed by atoms with van der Waals surface area (Å²) >= 11 is 0. The van der Waals surface area contributed by atoms with Gasteiger partial charge in [-0.1, -0.05) is 0 Å². The Bertz CT molecular complexity index is 62.5. The third-order valence-electron chi connectivity index (χ3n) is 0.903. The van der Waals surface area contributed by atoms with E-state index in [0.29, 0.717) is 0 Å². The number of hydrogen-bond acceptors (Lipinski definition) is 1. The maximum atomic E-state index is 10.1.